The molecule has 3 heteroatoms. The maximum absolute atomic E-state index is 4.37. The van der Waals surface area contributed by atoms with Crippen molar-refractivity contribution in [3.63, 3.8) is 0 Å². The van der Waals surface area contributed by atoms with Gasteiger partial charge in [0.05, 0.1) is 0 Å². The van der Waals surface area contributed by atoms with Crippen LogP contribution in [0.2, 0.25) is 0 Å². The van der Waals surface area contributed by atoms with Gasteiger partial charge in [0.25, 0.3) is 0 Å². The molecule has 0 atom stereocenters. The highest BCUT2D eigenvalue weighted by atomic mass is 35.5. The number of rotatable bonds is 2. The van der Waals surface area contributed by atoms with Crippen LogP contribution in [-0.4, -0.2) is 23.2 Å². The molecule has 0 unspecified atom stereocenters. The molecule has 2 rings (SSSR count). The Labute approximate surface area is 91.0 Å². The summed E-state index contributed by atoms with van der Waals surface area (Å²) in [5.41, 5.74) is 1.40. The minimum absolute atomic E-state index is 0. The van der Waals surface area contributed by atoms with Crippen molar-refractivity contribution < 1.29 is 0 Å². The van der Waals surface area contributed by atoms with Crippen LogP contribution in [0.15, 0.2) is 30.3 Å². The lowest BCUT2D eigenvalue weighted by Crippen LogP contribution is -2.46. The molecule has 0 amide bonds. The molecule has 13 heavy (non-hydrogen) atoms. The second-order valence-electron chi connectivity index (χ2n) is 3.33. The summed E-state index contributed by atoms with van der Waals surface area (Å²) >= 11 is 4.37. The van der Waals surface area contributed by atoms with Crippen LogP contribution in [0.25, 0.3) is 0 Å². The second-order valence-corrected chi connectivity index (χ2v) is 4.06. The molecular weight excluding hydrogens is 202 g/mol. The van der Waals surface area contributed by atoms with E-state index >= 15 is 0 Å². The third-order valence-electron chi connectivity index (χ3n) is 2.19. The van der Waals surface area contributed by atoms with Gasteiger partial charge >= 0.3 is 0 Å². The van der Waals surface area contributed by atoms with E-state index in [-0.39, 0.29) is 12.4 Å². The molecule has 1 nitrogen and oxygen atoms in total. The largest absolute Gasteiger partial charge is 0.297 e. The third kappa shape index (κ3) is 2.90. The zero-order chi connectivity index (χ0) is 8.39. The summed E-state index contributed by atoms with van der Waals surface area (Å²) in [6, 6.07) is 10.6. The number of benzene rings is 1. The van der Waals surface area contributed by atoms with Crippen LogP contribution in [0, 0.1) is 0 Å². The fraction of sp³-hybridized carbons (Fsp3) is 0.400. The van der Waals surface area contributed by atoms with Crippen molar-refractivity contribution in [1.82, 2.24) is 4.90 Å². The maximum Gasteiger partial charge on any atom is 0.0272 e. The van der Waals surface area contributed by atoms with Crippen LogP contribution in [0.4, 0.5) is 0 Å². The summed E-state index contributed by atoms with van der Waals surface area (Å²) in [5.74, 6) is 0. The first-order valence-electron chi connectivity index (χ1n) is 4.29. The highest BCUT2D eigenvalue weighted by molar-refractivity contribution is 7.81. The molecule has 0 N–H and O–H groups in total. The number of hydrogen-bond donors (Lipinski definition) is 1. The van der Waals surface area contributed by atoms with Crippen molar-refractivity contribution in [3.05, 3.63) is 35.9 Å². The predicted molar refractivity (Wildman–Crippen MR) is 61.7 cm³/mol. The molecule has 1 fully saturated rings. The Morgan fingerprint density at radius 2 is 1.85 bits per heavy atom. The van der Waals surface area contributed by atoms with Crippen LogP contribution >= 0.6 is 25.0 Å². The molecule has 0 bridgehead atoms. The molecule has 1 heterocycles. The first-order chi connectivity index (χ1) is 5.84. The van der Waals surface area contributed by atoms with E-state index in [1.54, 1.807) is 0 Å². The monoisotopic (exact) mass is 215 g/mol. The molecule has 72 valence electrons. The van der Waals surface area contributed by atoms with Gasteiger partial charge in [-0.2, -0.15) is 12.6 Å². The van der Waals surface area contributed by atoms with E-state index in [1.165, 1.54) is 5.56 Å². The molecule has 1 saturated heterocycles. The first kappa shape index (κ1) is 10.9. The maximum atomic E-state index is 4.37. The first-order valence-corrected chi connectivity index (χ1v) is 4.80. The van der Waals surface area contributed by atoms with Crippen molar-refractivity contribution >= 4 is 25.0 Å². The van der Waals surface area contributed by atoms with Crippen molar-refractivity contribution in [2.45, 2.75) is 11.8 Å². The number of likely N-dealkylation sites (tertiary alicyclic amines) is 1. The molecule has 1 aromatic carbocycles. The van der Waals surface area contributed by atoms with Gasteiger partial charge in [0.15, 0.2) is 0 Å². The molecule has 0 radical (unpaired) electrons. The summed E-state index contributed by atoms with van der Waals surface area (Å²) in [7, 11) is 0. The molecule has 1 aliphatic heterocycles. The Bertz CT molecular complexity index is 246. The van der Waals surface area contributed by atoms with E-state index in [4.69, 9.17) is 0 Å². The van der Waals surface area contributed by atoms with Crippen molar-refractivity contribution in [2.75, 3.05) is 13.1 Å². The highest BCUT2D eigenvalue weighted by Crippen LogP contribution is 2.16. The lowest BCUT2D eigenvalue weighted by molar-refractivity contribution is 0.182. The second kappa shape index (κ2) is 4.89. The molecule has 0 aromatic heterocycles. The topological polar surface area (TPSA) is 3.24 Å². The summed E-state index contributed by atoms with van der Waals surface area (Å²) in [6.07, 6.45) is 0. The summed E-state index contributed by atoms with van der Waals surface area (Å²) in [6.45, 7) is 3.36. The van der Waals surface area contributed by atoms with E-state index in [2.05, 4.69) is 47.9 Å². The van der Waals surface area contributed by atoms with Gasteiger partial charge in [-0.15, -0.1) is 12.4 Å². The van der Waals surface area contributed by atoms with Crippen molar-refractivity contribution in [2.24, 2.45) is 0 Å². The molecule has 0 spiro atoms. The fourth-order valence-electron chi connectivity index (χ4n) is 1.51. The SMILES string of the molecule is Cl.SC1CN(Cc2ccccc2)C1. The number of hydrogen-bond acceptors (Lipinski definition) is 2. The van der Waals surface area contributed by atoms with E-state index in [9.17, 15) is 0 Å². The average Bonchev–Trinajstić information content (AvgIpc) is 2.04. The van der Waals surface area contributed by atoms with Gasteiger partial charge in [-0.25, -0.2) is 0 Å². The Hall–Kier alpha value is -0.180. The van der Waals surface area contributed by atoms with Gasteiger partial charge in [-0.05, 0) is 5.56 Å². The number of thiol groups is 1. The van der Waals surface area contributed by atoms with Gasteiger partial charge in [0.2, 0.25) is 0 Å². The Kier molecular flexibility index (Phi) is 4.10. The van der Waals surface area contributed by atoms with Crippen LogP contribution in [0.5, 0.6) is 0 Å². The normalized spacial score (nSPS) is 17.6. The van der Waals surface area contributed by atoms with E-state index < -0.39 is 0 Å². The molecule has 0 aliphatic carbocycles. The Morgan fingerprint density at radius 3 is 2.38 bits per heavy atom. The van der Waals surface area contributed by atoms with Crippen LogP contribution in [0.3, 0.4) is 0 Å². The fourth-order valence-corrected chi connectivity index (χ4v) is 1.98. The Morgan fingerprint density at radius 1 is 1.23 bits per heavy atom. The zero-order valence-electron chi connectivity index (χ0n) is 7.39. The quantitative estimate of drug-likeness (QED) is 0.741. The van der Waals surface area contributed by atoms with Crippen LogP contribution in [-0.2, 0) is 6.54 Å². The van der Waals surface area contributed by atoms with E-state index in [1.807, 2.05) is 0 Å². The smallest absolute Gasteiger partial charge is 0.0272 e. The summed E-state index contributed by atoms with van der Waals surface area (Å²) in [4.78, 5) is 2.41. The zero-order valence-corrected chi connectivity index (χ0v) is 9.10. The lowest BCUT2D eigenvalue weighted by atomic mass is 10.1. The predicted octanol–water partition coefficient (Wildman–Crippen LogP) is 2.22. The van der Waals surface area contributed by atoms with Crippen molar-refractivity contribution in [3.8, 4) is 0 Å². The minimum atomic E-state index is 0. The van der Waals surface area contributed by atoms with Gasteiger partial charge < -0.3 is 0 Å². The summed E-state index contributed by atoms with van der Waals surface area (Å²) < 4.78 is 0. The lowest BCUT2D eigenvalue weighted by Gasteiger charge is -2.36. The molecule has 0 saturated carbocycles. The van der Waals surface area contributed by atoms with Crippen LogP contribution in [0.1, 0.15) is 5.56 Å². The molecule has 1 aromatic rings. The van der Waals surface area contributed by atoms with E-state index in [0.717, 1.165) is 19.6 Å². The summed E-state index contributed by atoms with van der Waals surface area (Å²) in [5, 5.41) is 0.605. The minimum Gasteiger partial charge on any atom is -0.297 e. The standard InChI is InChI=1S/C10H13NS.ClH/c12-10-7-11(8-10)6-9-4-2-1-3-5-9;/h1-5,10,12H,6-8H2;1H. The highest BCUT2D eigenvalue weighted by Gasteiger charge is 2.22. The third-order valence-corrected chi connectivity index (χ3v) is 2.51. The van der Waals surface area contributed by atoms with Crippen molar-refractivity contribution in [1.29, 1.82) is 0 Å². The van der Waals surface area contributed by atoms with Crippen LogP contribution < -0.4 is 0 Å². The number of halogens is 1. The van der Waals surface area contributed by atoms with Gasteiger partial charge in [-0.1, -0.05) is 30.3 Å². The van der Waals surface area contributed by atoms with Gasteiger partial charge in [0.1, 0.15) is 0 Å². The van der Waals surface area contributed by atoms with E-state index in [0.29, 0.717) is 5.25 Å². The van der Waals surface area contributed by atoms with Gasteiger partial charge in [0, 0.05) is 24.9 Å². The Balaban J connectivity index is 0.000000845. The number of nitrogens with zero attached hydrogens (tertiary/aromatic N) is 1. The average molecular weight is 216 g/mol. The molecule has 1 aliphatic rings. The molecular formula is C10H14ClNS. The van der Waals surface area contributed by atoms with Gasteiger partial charge in [-0.3, -0.25) is 4.90 Å².